The summed E-state index contributed by atoms with van der Waals surface area (Å²) in [5, 5.41) is 3.14. The lowest BCUT2D eigenvalue weighted by molar-refractivity contribution is 0.781. The van der Waals surface area contributed by atoms with Crippen LogP contribution >= 0.6 is 0 Å². The Morgan fingerprint density at radius 1 is 1.50 bits per heavy atom. The van der Waals surface area contributed by atoms with Crippen LogP contribution in [0.5, 0.6) is 0 Å². The van der Waals surface area contributed by atoms with Gasteiger partial charge in [-0.3, -0.25) is 0 Å². The third-order valence-corrected chi connectivity index (χ3v) is 1.75. The van der Waals surface area contributed by atoms with Gasteiger partial charge in [-0.25, -0.2) is 0 Å². The van der Waals surface area contributed by atoms with Crippen molar-refractivity contribution in [1.82, 2.24) is 5.32 Å². The maximum Gasteiger partial charge on any atom is 0.0113 e. The molecule has 0 rings (SSSR count). The molecule has 12 heavy (non-hydrogen) atoms. The van der Waals surface area contributed by atoms with Crippen molar-refractivity contribution >= 4 is 0 Å². The molecular formula is C11H19N. The number of nitrogens with one attached hydrogen (secondary N) is 1. The summed E-state index contributed by atoms with van der Waals surface area (Å²) in [6.45, 7) is 15.0. The van der Waals surface area contributed by atoms with Gasteiger partial charge in [-0.1, -0.05) is 33.1 Å². The predicted octanol–water partition coefficient (Wildman–Crippen LogP) is 2.88. The average molecular weight is 165 g/mol. The fraction of sp³-hybridized carbons (Fsp3) is 0.455. The van der Waals surface area contributed by atoms with Crippen LogP contribution in [0.1, 0.15) is 20.8 Å². The Balaban J connectivity index is 4.34. The molecule has 0 aliphatic carbocycles. The smallest absolute Gasteiger partial charge is 0.0113 e. The zero-order valence-electron chi connectivity index (χ0n) is 8.35. The zero-order chi connectivity index (χ0) is 9.56. The van der Waals surface area contributed by atoms with Gasteiger partial charge in [0.25, 0.3) is 0 Å². The maximum atomic E-state index is 4.00. The first-order valence-electron chi connectivity index (χ1n) is 4.38. The second kappa shape index (κ2) is 5.64. The molecule has 1 heteroatoms. The summed E-state index contributed by atoms with van der Waals surface area (Å²) in [6.07, 6.45) is 3.81. The van der Waals surface area contributed by atoms with Gasteiger partial charge in [0.1, 0.15) is 0 Å². The lowest BCUT2D eigenvalue weighted by Crippen LogP contribution is -2.05. The highest BCUT2D eigenvalue weighted by Crippen LogP contribution is 2.16. The fourth-order valence-electron chi connectivity index (χ4n) is 0.828. The van der Waals surface area contributed by atoms with Gasteiger partial charge in [0, 0.05) is 12.7 Å². The van der Waals surface area contributed by atoms with Gasteiger partial charge in [0.05, 0.1) is 0 Å². The molecule has 0 spiro atoms. The third-order valence-electron chi connectivity index (χ3n) is 1.75. The molecule has 0 saturated carbocycles. The van der Waals surface area contributed by atoms with Crippen molar-refractivity contribution in [1.29, 1.82) is 0 Å². The van der Waals surface area contributed by atoms with Crippen molar-refractivity contribution < 1.29 is 0 Å². The molecule has 0 amide bonds. The summed E-state index contributed by atoms with van der Waals surface area (Å²) in [4.78, 5) is 0. The van der Waals surface area contributed by atoms with E-state index >= 15 is 0 Å². The first-order valence-corrected chi connectivity index (χ1v) is 4.38. The highest BCUT2D eigenvalue weighted by molar-refractivity contribution is 5.37. The molecule has 0 radical (unpaired) electrons. The summed E-state index contributed by atoms with van der Waals surface area (Å²) in [5.74, 6) is 0.480. The molecule has 0 aromatic carbocycles. The summed E-state index contributed by atoms with van der Waals surface area (Å²) in [5.41, 5.74) is 2.23. The van der Waals surface area contributed by atoms with Crippen LogP contribution in [0.4, 0.5) is 0 Å². The van der Waals surface area contributed by atoms with E-state index in [1.165, 1.54) is 0 Å². The van der Waals surface area contributed by atoms with Crippen LogP contribution in [0.2, 0.25) is 0 Å². The Kier molecular flexibility index (Phi) is 5.18. The molecule has 0 saturated heterocycles. The molecule has 1 nitrogen and oxygen atoms in total. The maximum absolute atomic E-state index is 4.00. The van der Waals surface area contributed by atoms with Crippen LogP contribution in [-0.2, 0) is 0 Å². The average Bonchev–Trinajstić information content (AvgIpc) is 2.05. The van der Waals surface area contributed by atoms with Crippen molar-refractivity contribution in [2.24, 2.45) is 5.92 Å². The molecule has 1 N–H and O–H groups in total. The van der Waals surface area contributed by atoms with E-state index in [0.717, 1.165) is 17.7 Å². The van der Waals surface area contributed by atoms with E-state index in [4.69, 9.17) is 0 Å². The third kappa shape index (κ3) is 3.42. The summed E-state index contributed by atoms with van der Waals surface area (Å²) >= 11 is 0. The molecule has 0 aromatic rings. The fourth-order valence-corrected chi connectivity index (χ4v) is 0.828. The van der Waals surface area contributed by atoms with Crippen LogP contribution in [-0.4, -0.2) is 6.54 Å². The van der Waals surface area contributed by atoms with E-state index in [-0.39, 0.29) is 0 Å². The Hall–Kier alpha value is -0.980. The highest BCUT2D eigenvalue weighted by atomic mass is 14.8. The molecule has 0 aliphatic rings. The molecule has 68 valence electrons. The van der Waals surface area contributed by atoms with Gasteiger partial charge in [0.15, 0.2) is 0 Å². The number of rotatable bonds is 5. The number of allylic oxidation sites excluding steroid dienone is 3. The van der Waals surface area contributed by atoms with E-state index in [1.807, 2.05) is 12.3 Å². The van der Waals surface area contributed by atoms with Crippen molar-refractivity contribution in [3.8, 4) is 0 Å². The second-order valence-corrected chi connectivity index (χ2v) is 3.04. The molecule has 0 atom stereocenters. The van der Waals surface area contributed by atoms with Gasteiger partial charge in [-0.2, -0.15) is 0 Å². The topological polar surface area (TPSA) is 12.0 Å². The molecule has 0 aliphatic heterocycles. The highest BCUT2D eigenvalue weighted by Gasteiger charge is 2.02. The normalized spacial score (nSPS) is 11.5. The van der Waals surface area contributed by atoms with Crippen molar-refractivity contribution in [2.75, 3.05) is 6.54 Å². The standard InChI is InChI=1S/C11H19N/c1-6-11(8-12-7-2)10(5)9(3)4/h6,8-9,12H,1,5,7H2,2-4H3/b11-8+. The number of hydrogen-bond donors (Lipinski definition) is 1. The van der Waals surface area contributed by atoms with Gasteiger partial charge in [-0.15, -0.1) is 0 Å². The van der Waals surface area contributed by atoms with E-state index in [0.29, 0.717) is 5.92 Å². The quantitative estimate of drug-likeness (QED) is 0.618. The first kappa shape index (κ1) is 11.0. The van der Waals surface area contributed by atoms with Crippen molar-refractivity contribution in [2.45, 2.75) is 20.8 Å². The molecule has 0 heterocycles. The molecule has 0 bridgehead atoms. The van der Waals surface area contributed by atoms with Gasteiger partial charge in [0.2, 0.25) is 0 Å². The van der Waals surface area contributed by atoms with E-state index in [2.05, 4.69) is 39.2 Å². The molecule has 0 aromatic heterocycles. The van der Waals surface area contributed by atoms with Gasteiger partial charge < -0.3 is 5.32 Å². The first-order chi connectivity index (χ1) is 5.63. The Morgan fingerprint density at radius 2 is 2.08 bits per heavy atom. The lowest BCUT2D eigenvalue weighted by Gasteiger charge is -2.10. The van der Waals surface area contributed by atoms with Gasteiger partial charge in [-0.05, 0) is 24.0 Å². The zero-order valence-corrected chi connectivity index (χ0v) is 8.35. The molecule has 0 unspecified atom stereocenters. The largest absolute Gasteiger partial charge is 0.391 e. The minimum Gasteiger partial charge on any atom is -0.391 e. The van der Waals surface area contributed by atoms with Crippen molar-refractivity contribution in [3.63, 3.8) is 0 Å². The van der Waals surface area contributed by atoms with E-state index in [1.54, 1.807) is 0 Å². The van der Waals surface area contributed by atoms with Crippen LogP contribution in [0.25, 0.3) is 0 Å². The molecular weight excluding hydrogens is 146 g/mol. The summed E-state index contributed by atoms with van der Waals surface area (Å²) < 4.78 is 0. The van der Waals surface area contributed by atoms with Crippen LogP contribution < -0.4 is 5.32 Å². The summed E-state index contributed by atoms with van der Waals surface area (Å²) in [6, 6.07) is 0. The van der Waals surface area contributed by atoms with Crippen LogP contribution in [0.15, 0.2) is 36.6 Å². The lowest BCUT2D eigenvalue weighted by atomic mass is 9.98. The SMILES string of the molecule is C=C/C(=C\NCC)C(=C)C(C)C. The van der Waals surface area contributed by atoms with E-state index in [9.17, 15) is 0 Å². The Morgan fingerprint density at radius 3 is 2.42 bits per heavy atom. The monoisotopic (exact) mass is 165 g/mol. The minimum absolute atomic E-state index is 0.480. The molecule has 0 fully saturated rings. The Labute approximate surface area is 75.9 Å². The van der Waals surface area contributed by atoms with E-state index < -0.39 is 0 Å². The summed E-state index contributed by atoms with van der Waals surface area (Å²) in [7, 11) is 0. The predicted molar refractivity (Wildman–Crippen MR) is 55.9 cm³/mol. The van der Waals surface area contributed by atoms with Gasteiger partial charge >= 0.3 is 0 Å². The second-order valence-electron chi connectivity index (χ2n) is 3.04. The minimum atomic E-state index is 0.480. The van der Waals surface area contributed by atoms with Crippen molar-refractivity contribution in [3.05, 3.63) is 36.6 Å². The van der Waals surface area contributed by atoms with Crippen LogP contribution in [0, 0.1) is 5.92 Å². The van der Waals surface area contributed by atoms with Crippen LogP contribution in [0.3, 0.4) is 0 Å². The Bertz CT molecular complexity index is 187. The number of hydrogen-bond acceptors (Lipinski definition) is 1.